The van der Waals surface area contributed by atoms with E-state index in [9.17, 15) is 9.59 Å². The summed E-state index contributed by atoms with van der Waals surface area (Å²) in [4.78, 5) is 28.5. The van der Waals surface area contributed by atoms with Gasteiger partial charge in [0, 0.05) is 19.7 Å². The van der Waals surface area contributed by atoms with Crippen molar-refractivity contribution < 1.29 is 19.4 Å². The smallest absolute Gasteiger partial charge is 0.247 e. The quantitative estimate of drug-likeness (QED) is 0.442. The molecular formula is C27H30N2O4. The number of carbonyl (C=O) groups excluding carboxylic acids is 2. The second-order valence-electron chi connectivity index (χ2n) is 7.71. The molecule has 3 aromatic rings. The van der Waals surface area contributed by atoms with E-state index in [1.54, 1.807) is 12.0 Å². The number of amides is 2. The molecule has 0 saturated heterocycles. The molecule has 6 heteroatoms. The number of rotatable bonds is 11. The first-order valence-electron chi connectivity index (χ1n) is 11.0. The average Bonchev–Trinajstić information content (AvgIpc) is 2.85. The van der Waals surface area contributed by atoms with Crippen LogP contribution in [0.15, 0.2) is 84.9 Å². The van der Waals surface area contributed by atoms with Crippen molar-refractivity contribution in [2.45, 2.75) is 25.4 Å². The van der Waals surface area contributed by atoms with Crippen LogP contribution in [0.2, 0.25) is 0 Å². The van der Waals surface area contributed by atoms with Gasteiger partial charge in [-0.25, -0.2) is 0 Å². The Bertz CT molecular complexity index is 1010. The topological polar surface area (TPSA) is 78.9 Å². The van der Waals surface area contributed by atoms with Crippen molar-refractivity contribution in [3.8, 4) is 5.75 Å². The molecule has 172 valence electrons. The van der Waals surface area contributed by atoms with Gasteiger partial charge in [-0.2, -0.15) is 0 Å². The molecule has 2 amide bonds. The lowest BCUT2D eigenvalue weighted by Gasteiger charge is -2.32. The van der Waals surface area contributed by atoms with Crippen molar-refractivity contribution in [3.05, 3.63) is 102 Å². The summed E-state index contributed by atoms with van der Waals surface area (Å²) in [6, 6.07) is 25.5. The first kappa shape index (κ1) is 24.0. The average molecular weight is 447 g/mol. The summed E-state index contributed by atoms with van der Waals surface area (Å²) in [5.41, 5.74) is 2.50. The van der Waals surface area contributed by atoms with Crippen molar-refractivity contribution in [1.29, 1.82) is 0 Å². The van der Waals surface area contributed by atoms with Gasteiger partial charge >= 0.3 is 0 Å². The highest BCUT2D eigenvalue weighted by atomic mass is 16.5. The lowest BCUT2D eigenvalue weighted by atomic mass is 10.0. The number of ether oxygens (including phenoxy) is 1. The number of benzene rings is 3. The van der Waals surface area contributed by atoms with Gasteiger partial charge in [0.1, 0.15) is 11.8 Å². The van der Waals surface area contributed by atoms with E-state index in [2.05, 4.69) is 5.32 Å². The van der Waals surface area contributed by atoms with Crippen LogP contribution in [-0.2, 0) is 22.6 Å². The monoisotopic (exact) mass is 446 g/mol. The Morgan fingerprint density at radius 2 is 1.55 bits per heavy atom. The molecule has 3 rings (SSSR count). The number of nitrogens with one attached hydrogen (secondary N) is 1. The Kier molecular flexibility index (Phi) is 9.03. The lowest BCUT2D eigenvalue weighted by Crippen LogP contribution is -2.44. The summed E-state index contributed by atoms with van der Waals surface area (Å²) in [5, 5.41) is 12.0. The number of aliphatic hydroxyl groups is 1. The van der Waals surface area contributed by atoms with E-state index in [-0.39, 0.29) is 31.4 Å². The summed E-state index contributed by atoms with van der Waals surface area (Å²) in [6.07, 6.45) is 0.633. The molecule has 0 aliphatic rings. The molecule has 0 fully saturated rings. The molecular weight excluding hydrogens is 416 g/mol. The highest BCUT2D eigenvalue weighted by Gasteiger charge is 2.31. The van der Waals surface area contributed by atoms with Crippen molar-refractivity contribution in [2.75, 3.05) is 20.3 Å². The molecule has 33 heavy (non-hydrogen) atoms. The first-order chi connectivity index (χ1) is 16.1. The highest BCUT2D eigenvalue weighted by Crippen LogP contribution is 2.25. The van der Waals surface area contributed by atoms with Gasteiger partial charge in [-0.3, -0.25) is 9.59 Å². The maximum atomic E-state index is 13.6. The molecule has 0 heterocycles. The summed E-state index contributed by atoms with van der Waals surface area (Å²) >= 11 is 0. The van der Waals surface area contributed by atoms with E-state index >= 15 is 0 Å². The maximum Gasteiger partial charge on any atom is 0.247 e. The Hall–Kier alpha value is -3.64. The number of hydrogen-bond donors (Lipinski definition) is 2. The second kappa shape index (κ2) is 12.4. The summed E-state index contributed by atoms with van der Waals surface area (Å²) in [5.74, 6) is 0.301. The Morgan fingerprint density at radius 3 is 2.15 bits per heavy atom. The van der Waals surface area contributed by atoms with E-state index in [1.165, 1.54) is 0 Å². The van der Waals surface area contributed by atoms with Crippen molar-refractivity contribution in [2.24, 2.45) is 0 Å². The minimum absolute atomic E-state index is 0.0151. The van der Waals surface area contributed by atoms with Crippen LogP contribution >= 0.6 is 0 Å². The van der Waals surface area contributed by atoms with Gasteiger partial charge < -0.3 is 20.1 Å². The Balaban J connectivity index is 1.95. The molecule has 6 nitrogen and oxygen atoms in total. The molecule has 0 aliphatic carbocycles. The number of aliphatic hydroxyl groups excluding tert-OH is 1. The van der Waals surface area contributed by atoms with Crippen molar-refractivity contribution >= 4 is 11.8 Å². The fourth-order valence-corrected chi connectivity index (χ4v) is 3.62. The third-order valence-electron chi connectivity index (χ3n) is 5.34. The lowest BCUT2D eigenvalue weighted by molar-refractivity contribution is -0.141. The van der Waals surface area contributed by atoms with Crippen LogP contribution in [0, 0.1) is 0 Å². The summed E-state index contributed by atoms with van der Waals surface area (Å²) in [6.45, 7) is 0.587. The maximum absolute atomic E-state index is 13.6. The van der Waals surface area contributed by atoms with E-state index in [4.69, 9.17) is 9.84 Å². The third kappa shape index (κ3) is 6.92. The SMILES string of the molecule is COc1ccc(CN(C(=O)Cc2ccccc2)C(C(=O)NCCCO)c2ccccc2)cc1. The van der Waals surface area contributed by atoms with Gasteiger partial charge in [0.05, 0.1) is 13.5 Å². The van der Waals surface area contributed by atoms with Crippen LogP contribution in [0.4, 0.5) is 0 Å². The molecule has 3 aromatic carbocycles. The minimum Gasteiger partial charge on any atom is -0.497 e. The molecule has 0 bridgehead atoms. The van der Waals surface area contributed by atoms with Crippen LogP contribution in [0.3, 0.4) is 0 Å². The van der Waals surface area contributed by atoms with Gasteiger partial charge in [0.2, 0.25) is 11.8 Å². The van der Waals surface area contributed by atoms with Crippen LogP contribution in [0.25, 0.3) is 0 Å². The molecule has 1 atom stereocenters. The fourth-order valence-electron chi connectivity index (χ4n) is 3.62. The van der Waals surface area contributed by atoms with Crippen LogP contribution in [-0.4, -0.2) is 42.1 Å². The van der Waals surface area contributed by atoms with Gasteiger partial charge in [0.25, 0.3) is 0 Å². The number of nitrogens with zero attached hydrogens (tertiary/aromatic N) is 1. The standard InChI is InChI=1S/C27H30N2O4/c1-33-24-15-13-22(14-16-24)20-29(25(31)19-21-9-4-2-5-10-21)26(23-11-6-3-7-12-23)27(32)28-17-8-18-30/h2-7,9-16,26,30H,8,17-20H2,1H3,(H,28,32). The number of hydrogen-bond acceptors (Lipinski definition) is 4. The van der Waals surface area contributed by atoms with Gasteiger partial charge in [0.15, 0.2) is 0 Å². The summed E-state index contributed by atoms with van der Waals surface area (Å²) in [7, 11) is 1.60. The van der Waals surface area contributed by atoms with Gasteiger partial charge in [-0.1, -0.05) is 72.8 Å². The first-order valence-corrected chi connectivity index (χ1v) is 11.0. The van der Waals surface area contributed by atoms with Gasteiger partial charge in [-0.05, 0) is 35.2 Å². The van der Waals surface area contributed by atoms with Crippen LogP contribution < -0.4 is 10.1 Å². The molecule has 1 unspecified atom stereocenters. The molecule has 0 spiro atoms. The molecule has 2 N–H and O–H groups in total. The number of methoxy groups -OCH3 is 1. The minimum atomic E-state index is -0.803. The molecule has 0 aliphatic heterocycles. The zero-order valence-corrected chi connectivity index (χ0v) is 18.8. The third-order valence-corrected chi connectivity index (χ3v) is 5.34. The van der Waals surface area contributed by atoms with Gasteiger partial charge in [-0.15, -0.1) is 0 Å². The van der Waals surface area contributed by atoms with E-state index in [0.717, 1.165) is 22.4 Å². The van der Waals surface area contributed by atoms with Crippen LogP contribution in [0.1, 0.15) is 29.2 Å². The molecule has 0 saturated carbocycles. The largest absolute Gasteiger partial charge is 0.497 e. The van der Waals surface area contributed by atoms with E-state index in [0.29, 0.717) is 13.0 Å². The molecule has 0 radical (unpaired) electrons. The zero-order valence-electron chi connectivity index (χ0n) is 18.8. The van der Waals surface area contributed by atoms with E-state index in [1.807, 2.05) is 84.9 Å². The van der Waals surface area contributed by atoms with Crippen LogP contribution in [0.5, 0.6) is 5.75 Å². The Morgan fingerprint density at radius 1 is 0.909 bits per heavy atom. The predicted octanol–water partition coefficient (Wildman–Crippen LogP) is 3.51. The van der Waals surface area contributed by atoms with Crippen molar-refractivity contribution in [3.63, 3.8) is 0 Å². The molecule has 0 aromatic heterocycles. The summed E-state index contributed by atoms with van der Waals surface area (Å²) < 4.78 is 5.25. The van der Waals surface area contributed by atoms with Crippen molar-refractivity contribution in [1.82, 2.24) is 10.2 Å². The predicted molar refractivity (Wildman–Crippen MR) is 128 cm³/mol. The number of carbonyl (C=O) groups is 2. The fraction of sp³-hybridized carbons (Fsp3) is 0.259. The second-order valence-corrected chi connectivity index (χ2v) is 7.71. The highest BCUT2D eigenvalue weighted by molar-refractivity contribution is 5.89. The Labute approximate surface area is 194 Å². The normalized spacial score (nSPS) is 11.5. The van der Waals surface area contributed by atoms with E-state index < -0.39 is 6.04 Å². The zero-order chi connectivity index (χ0) is 23.5.